The predicted molar refractivity (Wildman–Crippen MR) is 130 cm³/mol. The van der Waals surface area contributed by atoms with E-state index in [0.29, 0.717) is 30.6 Å². The zero-order chi connectivity index (χ0) is 24.9. The summed E-state index contributed by atoms with van der Waals surface area (Å²) in [6.45, 7) is 5.98. The number of carbonyl (C=O) groups excluding carboxylic acids is 3. The number of nitrogens with zero attached hydrogens (tertiary/aromatic N) is 2. The molecule has 7 nitrogen and oxygen atoms in total. The fourth-order valence-electron chi connectivity index (χ4n) is 5.51. The number of benzene rings is 2. The first-order chi connectivity index (χ1) is 16.7. The second-order valence-electron chi connectivity index (χ2n) is 9.78. The molecule has 2 N–H and O–H groups in total. The molecule has 0 radical (unpaired) electrons. The maximum atomic E-state index is 13.9. The molecule has 0 spiro atoms. The van der Waals surface area contributed by atoms with Crippen molar-refractivity contribution in [3.63, 3.8) is 0 Å². The number of urea groups is 1. The number of hydrogen-bond donors (Lipinski definition) is 2. The van der Waals surface area contributed by atoms with Gasteiger partial charge in [-0.3, -0.25) is 9.59 Å². The fraction of sp³-hybridized carbons (Fsp3) is 0.370. The van der Waals surface area contributed by atoms with Crippen LogP contribution in [0.3, 0.4) is 0 Å². The molecule has 2 aromatic carbocycles. The van der Waals surface area contributed by atoms with Gasteiger partial charge in [-0.25, -0.2) is 14.1 Å². The Labute approximate surface area is 203 Å². The van der Waals surface area contributed by atoms with Gasteiger partial charge in [0.05, 0.1) is 5.69 Å². The summed E-state index contributed by atoms with van der Waals surface area (Å²) in [5, 5.41) is 3.86. The molecule has 182 valence electrons. The number of H-pyrrole nitrogens is 1. The van der Waals surface area contributed by atoms with Crippen LogP contribution in [0.25, 0.3) is 10.9 Å². The Kier molecular flexibility index (Phi) is 5.62. The van der Waals surface area contributed by atoms with Crippen LogP contribution in [0.4, 0.5) is 9.18 Å². The van der Waals surface area contributed by atoms with Crippen molar-refractivity contribution in [3.8, 4) is 0 Å². The normalized spacial score (nSPS) is 20.4. The summed E-state index contributed by atoms with van der Waals surface area (Å²) in [6.07, 6.45) is 0.941. The Morgan fingerprint density at radius 1 is 1.14 bits per heavy atom. The third kappa shape index (κ3) is 3.50. The zero-order valence-corrected chi connectivity index (χ0v) is 20.1. The van der Waals surface area contributed by atoms with Crippen LogP contribution in [0, 0.1) is 11.7 Å². The summed E-state index contributed by atoms with van der Waals surface area (Å²) in [4.78, 5) is 46.8. The van der Waals surface area contributed by atoms with Crippen molar-refractivity contribution in [1.82, 2.24) is 20.1 Å². The lowest BCUT2D eigenvalue weighted by molar-refractivity contribution is -0.140. The lowest BCUT2D eigenvalue weighted by Crippen LogP contribution is -2.53. The standard InChI is InChI=1S/C27H29FN4O3/c1-16(2)22(24(33)29-14-12-17-8-4-6-10-20(17)28)32-25(34)27(3)23-19(13-15-31(27)26(32)35)18-9-5-7-11-21(18)30-23/h4-11,16,22,30H,12-15H2,1-3H3,(H,29,33)/t22-,27-/m0/s1. The molecule has 0 bridgehead atoms. The summed E-state index contributed by atoms with van der Waals surface area (Å²) in [5.74, 6) is -1.45. The topological polar surface area (TPSA) is 85.5 Å². The molecule has 3 aromatic rings. The van der Waals surface area contributed by atoms with Crippen LogP contribution in [0.15, 0.2) is 48.5 Å². The van der Waals surface area contributed by atoms with Crippen LogP contribution >= 0.6 is 0 Å². The highest BCUT2D eigenvalue weighted by Crippen LogP contribution is 2.45. The largest absolute Gasteiger partial charge is 0.356 e. The van der Waals surface area contributed by atoms with Crippen LogP contribution in [-0.4, -0.2) is 51.8 Å². The van der Waals surface area contributed by atoms with Gasteiger partial charge in [-0.1, -0.05) is 50.2 Å². The number of carbonyl (C=O) groups is 3. The van der Waals surface area contributed by atoms with Crippen molar-refractivity contribution < 1.29 is 18.8 Å². The number of para-hydroxylation sites is 1. The molecule has 1 saturated heterocycles. The Hall–Kier alpha value is -3.68. The number of aromatic amines is 1. The van der Waals surface area contributed by atoms with E-state index in [9.17, 15) is 18.8 Å². The first-order valence-corrected chi connectivity index (χ1v) is 12.0. The van der Waals surface area contributed by atoms with Crippen molar-refractivity contribution in [2.45, 2.75) is 45.2 Å². The molecule has 5 rings (SSSR count). The Balaban J connectivity index is 1.42. The minimum absolute atomic E-state index is 0.201. The maximum absolute atomic E-state index is 13.9. The molecule has 3 heterocycles. The summed E-state index contributed by atoms with van der Waals surface area (Å²) in [5.41, 5.74) is 1.97. The first kappa shape index (κ1) is 23.1. The molecule has 0 saturated carbocycles. The van der Waals surface area contributed by atoms with E-state index in [-0.39, 0.29) is 18.3 Å². The summed E-state index contributed by atoms with van der Waals surface area (Å²) < 4.78 is 13.9. The lowest BCUT2D eigenvalue weighted by Gasteiger charge is -2.36. The average Bonchev–Trinajstić information content (AvgIpc) is 3.30. The van der Waals surface area contributed by atoms with Gasteiger partial charge in [0.25, 0.3) is 5.91 Å². The fourth-order valence-corrected chi connectivity index (χ4v) is 5.51. The van der Waals surface area contributed by atoms with Crippen molar-refractivity contribution in [1.29, 1.82) is 0 Å². The number of rotatable bonds is 6. The number of hydrogen-bond acceptors (Lipinski definition) is 3. The van der Waals surface area contributed by atoms with Gasteiger partial charge >= 0.3 is 6.03 Å². The third-order valence-corrected chi connectivity index (χ3v) is 7.33. The SMILES string of the molecule is CC(C)[C@@H](C(=O)NCCc1ccccc1F)N1C(=O)N2CCc3c([nH]c4ccccc34)[C@@]2(C)C1=O. The minimum atomic E-state index is -1.20. The Bertz CT molecular complexity index is 1330. The molecular weight excluding hydrogens is 447 g/mol. The van der Waals surface area contributed by atoms with Crippen LogP contribution < -0.4 is 5.32 Å². The van der Waals surface area contributed by atoms with Crippen molar-refractivity contribution in [2.24, 2.45) is 5.92 Å². The molecule has 4 amide bonds. The molecule has 2 atom stereocenters. The Morgan fingerprint density at radius 3 is 2.60 bits per heavy atom. The summed E-state index contributed by atoms with van der Waals surface area (Å²) >= 11 is 0. The molecule has 0 aliphatic carbocycles. The van der Waals surface area contributed by atoms with E-state index >= 15 is 0 Å². The van der Waals surface area contributed by atoms with Gasteiger partial charge in [0.15, 0.2) is 5.54 Å². The summed E-state index contributed by atoms with van der Waals surface area (Å²) in [6, 6.07) is 12.9. The molecular formula is C27H29FN4O3. The van der Waals surface area contributed by atoms with Crippen LogP contribution in [0.1, 0.15) is 37.6 Å². The highest BCUT2D eigenvalue weighted by atomic mass is 19.1. The van der Waals surface area contributed by atoms with E-state index in [1.54, 1.807) is 30.0 Å². The molecule has 1 aromatic heterocycles. The van der Waals surface area contributed by atoms with Gasteiger partial charge in [-0.2, -0.15) is 0 Å². The van der Waals surface area contributed by atoms with E-state index in [1.165, 1.54) is 6.07 Å². The van der Waals surface area contributed by atoms with Crippen molar-refractivity contribution in [3.05, 3.63) is 71.2 Å². The first-order valence-electron chi connectivity index (χ1n) is 12.0. The molecule has 35 heavy (non-hydrogen) atoms. The maximum Gasteiger partial charge on any atom is 0.328 e. The van der Waals surface area contributed by atoms with E-state index < -0.39 is 29.4 Å². The monoisotopic (exact) mass is 476 g/mol. The van der Waals surface area contributed by atoms with E-state index in [1.807, 2.05) is 38.1 Å². The van der Waals surface area contributed by atoms with Gasteiger partial charge < -0.3 is 15.2 Å². The van der Waals surface area contributed by atoms with Crippen LogP contribution in [0.2, 0.25) is 0 Å². The molecule has 2 aliphatic heterocycles. The highest BCUT2D eigenvalue weighted by Gasteiger charge is 2.61. The van der Waals surface area contributed by atoms with Gasteiger partial charge in [0.2, 0.25) is 5.91 Å². The third-order valence-electron chi connectivity index (χ3n) is 7.33. The quantitative estimate of drug-likeness (QED) is 0.532. The van der Waals surface area contributed by atoms with E-state index in [4.69, 9.17) is 0 Å². The number of fused-ring (bicyclic) bond motifs is 5. The van der Waals surface area contributed by atoms with Gasteiger partial charge in [0.1, 0.15) is 11.9 Å². The number of amides is 4. The van der Waals surface area contributed by atoms with Crippen LogP contribution in [0.5, 0.6) is 0 Å². The van der Waals surface area contributed by atoms with Gasteiger partial charge in [0, 0.05) is 24.0 Å². The zero-order valence-electron chi connectivity index (χ0n) is 20.1. The van der Waals surface area contributed by atoms with Crippen molar-refractivity contribution in [2.75, 3.05) is 13.1 Å². The molecule has 0 unspecified atom stereocenters. The lowest BCUT2D eigenvalue weighted by atomic mass is 9.86. The average molecular weight is 477 g/mol. The molecule has 2 aliphatic rings. The second kappa shape index (κ2) is 8.52. The second-order valence-corrected chi connectivity index (χ2v) is 9.78. The predicted octanol–water partition coefficient (Wildman–Crippen LogP) is 3.73. The number of aromatic nitrogens is 1. The van der Waals surface area contributed by atoms with E-state index in [0.717, 1.165) is 21.4 Å². The van der Waals surface area contributed by atoms with Gasteiger partial charge in [-0.05, 0) is 48.9 Å². The summed E-state index contributed by atoms with van der Waals surface area (Å²) in [7, 11) is 0. The Morgan fingerprint density at radius 2 is 1.86 bits per heavy atom. The number of imide groups is 1. The van der Waals surface area contributed by atoms with Crippen LogP contribution in [-0.2, 0) is 28.0 Å². The molecule has 8 heteroatoms. The minimum Gasteiger partial charge on any atom is -0.356 e. The van der Waals surface area contributed by atoms with E-state index in [2.05, 4.69) is 10.3 Å². The number of halogens is 1. The highest BCUT2D eigenvalue weighted by molar-refractivity contribution is 6.11. The van der Waals surface area contributed by atoms with Gasteiger partial charge in [-0.15, -0.1) is 0 Å². The number of nitrogens with one attached hydrogen (secondary N) is 2. The molecule has 1 fully saturated rings. The smallest absolute Gasteiger partial charge is 0.328 e. The van der Waals surface area contributed by atoms with Crippen molar-refractivity contribution >= 4 is 28.7 Å².